The van der Waals surface area contributed by atoms with Gasteiger partial charge in [-0.3, -0.25) is 14.9 Å². The number of nitrogens with one attached hydrogen (secondary N) is 3. The van der Waals surface area contributed by atoms with E-state index in [1.807, 2.05) is 24.3 Å². The van der Waals surface area contributed by atoms with Gasteiger partial charge in [0.1, 0.15) is 5.82 Å². The summed E-state index contributed by atoms with van der Waals surface area (Å²) in [6.07, 6.45) is 5.85. The molecule has 0 radical (unpaired) electrons. The van der Waals surface area contributed by atoms with Crippen LogP contribution in [0.3, 0.4) is 0 Å². The summed E-state index contributed by atoms with van der Waals surface area (Å²) in [5.74, 6) is 1.76. The summed E-state index contributed by atoms with van der Waals surface area (Å²) in [7, 11) is 0. The van der Waals surface area contributed by atoms with E-state index in [0.717, 1.165) is 29.7 Å². The molecule has 0 saturated heterocycles. The minimum atomic E-state index is -0.250. The summed E-state index contributed by atoms with van der Waals surface area (Å²) in [6, 6.07) is 10.9. The quantitative estimate of drug-likeness (QED) is 0.644. The molecule has 1 amide bonds. The number of amides is 1. The van der Waals surface area contributed by atoms with Gasteiger partial charge < -0.3 is 10.6 Å². The van der Waals surface area contributed by atoms with Crippen molar-refractivity contribution in [3.63, 3.8) is 0 Å². The number of nitrogens with zero attached hydrogens (tertiary/aromatic N) is 3. The van der Waals surface area contributed by atoms with Crippen LogP contribution in [0.5, 0.6) is 0 Å². The third-order valence-corrected chi connectivity index (χ3v) is 4.05. The number of aromatic nitrogens is 4. The fraction of sp³-hybridized carbons (Fsp3) is 0.222. The first-order valence-electron chi connectivity index (χ1n) is 8.26. The van der Waals surface area contributed by atoms with Crippen LogP contribution in [-0.4, -0.2) is 32.6 Å². The van der Waals surface area contributed by atoms with Gasteiger partial charge in [0.25, 0.3) is 5.91 Å². The number of carbonyl (C=O) groups excluding carboxylic acids is 1. The van der Waals surface area contributed by atoms with Crippen LogP contribution in [0.25, 0.3) is 11.4 Å². The third kappa shape index (κ3) is 3.82. The molecule has 1 aliphatic rings. The van der Waals surface area contributed by atoms with Crippen LogP contribution in [0.1, 0.15) is 23.2 Å². The standard InChI is InChI=1S/C18H18N6O/c25-18(13-6-7-16(21-11-13)20-10-12-4-5-12)22-17-9-15(23-24-17)14-3-1-2-8-19-14/h1-3,6-9,11-12H,4-5,10H2,(H,20,21)(H2,22,23,24,25). The van der Waals surface area contributed by atoms with E-state index in [1.165, 1.54) is 12.8 Å². The first-order valence-corrected chi connectivity index (χ1v) is 8.26. The smallest absolute Gasteiger partial charge is 0.258 e. The van der Waals surface area contributed by atoms with E-state index in [9.17, 15) is 4.79 Å². The van der Waals surface area contributed by atoms with Gasteiger partial charge >= 0.3 is 0 Å². The Bertz CT molecular complexity index is 855. The van der Waals surface area contributed by atoms with Gasteiger partial charge in [0.15, 0.2) is 5.82 Å². The average molecular weight is 334 g/mol. The Morgan fingerprint density at radius 2 is 2.08 bits per heavy atom. The second-order valence-electron chi connectivity index (χ2n) is 6.09. The van der Waals surface area contributed by atoms with Crippen LogP contribution in [0.4, 0.5) is 11.6 Å². The van der Waals surface area contributed by atoms with E-state index >= 15 is 0 Å². The van der Waals surface area contributed by atoms with Gasteiger partial charge in [0.05, 0.1) is 17.0 Å². The van der Waals surface area contributed by atoms with Crippen LogP contribution in [-0.2, 0) is 0 Å². The van der Waals surface area contributed by atoms with Crippen molar-refractivity contribution in [2.24, 2.45) is 5.92 Å². The number of rotatable bonds is 6. The van der Waals surface area contributed by atoms with Crippen LogP contribution in [0, 0.1) is 5.92 Å². The zero-order valence-electron chi connectivity index (χ0n) is 13.6. The number of H-pyrrole nitrogens is 1. The molecule has 4 rings (SSSR count). The lowest BCUT2D eigenvalue weighted by Crippen LogP contribution is -2.13. The van der Waals surface area contributed by atoms with Crippen LogP contribution < -0.4 is 10.6 Å². The van der Waals surface area contributed by atoms with Gasteiger partial charge in [-0.2, -0.15) is 5.10 Å². The highest BCUT2D eigenvalue weighted by Gasteiger charge is 2.20. The normalized spacial score (nSPS) is 13.4. The van der Waals surface area contributed by atoms with E-state index in [1.54, 1.807) is 24.5 Å². The molecule has 7 nitrogen and oxygen atoms in total. The highest BCUT2D eigenvalue weighted by molar-refractivity contribution is 6.03. The van der Waals surface area contributed by atoms with Crippen molar-refractivity contribution in [3.8, 4) is 11.4 Å². The maximum atomic E-state index is 12.3. The zero-order valence-corrected chi connectivity index (χ0v) is 13.6. The van der Waals surface area contributed by atoms with Crippen molar-refractivity contribution in [1.29, 1.82) is 0 Å². The topological polar surface area (TPSA) is 95.6 Å². The summed E-state index contributed by atoms with van der Waals surface area (Å²) in [5.41, 5.74) is 2.00. The van der Waals surface area contributed by atoms with E-state index < -0.39 is 0 Å². The number of carbonyl (C=O) groups is 1. The van der Waals surface area contributed by atoms with E-state index in [-0.39, 0.29) is 5.91 Å². The Balaban J connectivity index is 1.39. The molecular formula is C18H18N6O. The predicted octanol–water partition coefficient (Wildman–Crippen LogP) is 2.94. The van der Waals surface area contributed by atoms with Crippen molar-refractivity contribution in [2.45, 2.75) is 12.8 Å². The maximum Gasteiger partial charge on any atom is 0.258 e. The fourth-order valence-corrected chi connectivity index (χ4v) is 2.43. The van der Waals surface area contributed by atoms with Gasteiger partial charge in [0.2, 0.25) is 0 Å². The van der Waals surface area contributed by atoms with Crippen LogP contribution in [0.15, 0.2) is 48.8 Å². The molecule has 0 spiro atoms. The van der Waals surface area contributed by atoms with Crippen LogP contribution in [0.2, 0.25) is 0 Å². The number of hydrogen-bond donors (Lipinski definition) is 3. The molecule has 1 aliphatic carbocycles. The molecule has 3 heterocycles. The molecule has 0 atom stereocenters. The van der Waals surface area contributed by atoms with Crippen LogP contribution >= 0.6 is 0 Å². The van der Waals surface area contributed by atoms with Crippen molar-refractivity contribution >= 4 is 17.5 Å². The molecule has 3 aromatic heterocycles. The second kappa shape index (κ2) is 6.72. The lowest BCUT2D eigenvalue weighted by molar-refractivity contribution is 0.102. The Hall–Kier alpha value is -3.22. The summed E-state index contributed by atoms with van der Waals surface area (Å²) in [5, 5.41) is 13.0. The number of hydrogen-bond acceptors (Lipinski definition) is 5. The molecule has 0 unspecified atom stereocenters. The number of anilines is 2. The van der Waals surface area contributed by atoms with Crippen molar-refractivity contribution in [2.75, 3.05) is 17.2 Å². The summed E-state index contributed by atoms with van der Waals surface area (Å²) < 4.78 is 0. The summed E-state index contributed by atoms with van der Waals surface area (Å²) in [6.45, 7) is 0.947. The summed E-state index contributed by atoms with van der Waals surface area (Å²) in [4.78, 5) is 20.8. The third-order valence-electron chi connectivity index (χ3n) is 4.05. The minimum Gasteiger partial charge on any atom is -0.370 e. The zero-order chi connectivity index (χ0) is 17.1. The molecule has 0 aliphatic heterocycles. The largest absolute Gasteiger partial charge is 0.370 e. The Morgan fingerprint density at radius 3 is 2.80 bits per heavy atom. The maximum absolute atomic E-state index is 12.3. The Morgan fingerprint density at radius 1 is 1.16 bits per heavy atom. The van der Waals surface area contributed by atoms with E-state index in [2.05, 4.69) is 30.8 Å². The first-order chi connectivity index (χ1) is 12.3. The highest BCUT2D eigenvalue weighted by atomic mass is 16.1. The van der Waals surface area contributed by atoms with Crippen molar-refractivity contribution in [1.82, 2.24) is 20.2 Å². The van der Waals surface area contributed by atoms with Crippen molar-refractivity contribution in [3.05, 3.63) is 54.4 Å². The molecule has 1 saturated carbocycles. The van der Waals surface area contributed by atoms with E-state index in [0.29, 0.717) is 11.4 Å². The Labute approximate surface area is 144 Å². The first kappa shape index (κ1) is 15.3. The predicted molar refractivity (Wildman–Crippen MR) is 95.2 cm³/mol. The molecule has 3 aromatic rings. The van der Waals surface area contributed by atoms with Gasteiger partial charge in [-0.15, -0.1) is 0 Å². The molecule has 1 fully saturated rings. The molecule has 0 bridgehead atoms. The van der Waals surface area contributed by atoms with Crippen molar-refractivity contribution < 1.29 is 4.79 Å². The number of pyridine rings is 2. The summed E-state index contributed by atoms with van der Waals surface area (Å²) >= 11 is 0. The SMILES string of the molecule is O=C(Nc1cc(-c2ccccn2)[nH]n1)c1ccc(NCC2CC2)nc1. The lowest BCUT2D eigenvalue weighted by Gasteiger charge is -2.05. The molecule has 7 heteroatoms. The lowest BCUT2D eigenvalue weighted by atomic mass is 10.2. The Kier molecular flexibility index (Phi) is 4.12. The average Bonchev–Trinajstić information content (AvgIpc) is 3.38. The molecular weight excluding hydrogens is 316 g/mol. The molecule has 3 N–H and O–H groups in total. The molecule has 25 heavy (non-hydrogen) atoms. The minimum absolute atomic E-state index is 0.250. The molecule has 0 aromatic carbocycles. The monoisotopic (exact) mass is 334 g/mol. The van der Waals surface area contributed by atoms with Gasteiger partial charge in [0, 0.05) is 25.0 Å². The van der Waals surface area contributed by atoms with Gasteiger partial charge in [-0.1, -0.05) is 6.07 Å². The van der Waals surface area contributed by atoms with Gasteiger partial charge in [-0.05, 0) is 43.0 Å². The highest BCUT2D eigenvalue weighted by Crippen LogP contribution is 2.28. The van der Waals surface area contributed by atoms with E-state index in [4.69, 9.17) is 0 Å². The number of aromatic amines is 1. The fourth-order valence-electron chi connectivity index (χ4n) is 2.43. The van der Waals surface area contributed by atoms with Gasteiger partial charge in [-0.25, -0.2) is 4.98 Å². The molecule has 126 valence electrons. The second-order valence-corrected chi connectivity index (χ2v) is 6.09.